The molecule has 0 amide bonds. The smallest absolute Gasteiger partial charge is 0.103 e. The molecule has 3 heteroatoms. The summed E-state index contributed by atoms with van der Waals surface area (Å²) >= 11 is 0. The Kier molecular flexibility index (Phi) is 2.00. The van der Waals surface area contributed by atoms with Crippen LogP contribution in [0.1, 0.15) is 11.5 Å². The molecule has 0 fully saturated rings. The molecule has 3 nitrogen and oxygen atoms in total. The van der Waals surface area contributed by atoms with E-state index >= 15 is 0 Å². The highest BCUT2D eigenvalue weighted by Gasteiger charge is 2.05. The normalized spacial score (nSPS) is 10.4. The number of aromatic nitrogens is 2. The summed E-state index contributed by atoms with van der Waals surface area (Å²) in [5.41, 5.74) is 9.59. The lowest BCUT2D eigenvalue weighted by atomic mass is 10.1. The minimum atomic E-state index is 0.777. The monoisotopic (exact) mass is 187 g/mol. The number of aryl methyl sites for hydroxylation is 2. The van der Waals surface area contributed by atoms with E-state index in [2.05, 4.69) is 9.97 Å². The molecule has 0 spiro atoms. The third-order valence-electron chi connectivity index (χ3n) is 2.19. The molecule has 1 aromatic carbocycles. The summed E-state index contributed by atoms with van der Waals surface area (Å²) < 4.78 is 0. The number of hydrogen-bond donors (Lipinski definition) is 2. The molecule has 0 radical (unpaired) electrons. The molecular weight excluding hydrogens is 174 g/mol. The number of benzene rings is 1. The van der Waals surface area contributed by atoms with Gasteiger partial charge in [-0.3, -0.25) is 0 Å². The topological polar surface area (TPSA) is 54.7 Å². The number of aromatic amines is 1. The van der Waals surface area contributed by atoms with Crippen LogP contribution >= 0.6 is 0 Å². The number of nitrogens with one attached hydrogen (secondary N) is 1. The fourth-order valence-corrected chi connectivity index (χ4v) is 1.53. The molecule has 0 atom stereocenters. The number of anilines is 1. The van der Waals surface area contributed by atoms with Gasteiger partial charge in [0.2, 0.25) is 0 Å². The Bertz CT molecular complexity index is 440. The zero-order valence-corrected chi connectivity index (χ0v) is 8.33. The Morgan fingerprint density at radius 2 is 1.79 bits per heavy atom. The van der Waals surface area contributed by atoms with Gasteiger partial charge in [-0.15, -0.1) is 0 Å². The molecule has 72 valence electrons. The van der Waals surface area contributed by atoms with Crippen molar-refractivity contribution in [3.8, 4) is 11.3 Å². The van der Waals surface area contributed by atoms with Crippen molar-refractivity contribution in [3.05, 3.63) is 35.8 Å². The van der Waals surface area contributed by atoms with Crippen molar-refractivity contribution in [1.82, 2.24) is 9.97 Å². The second kappa shape index (κ2) is 3.18. The number of hydrogen-bond acceptors (Lipinski definition) is 2. The van der Waals surface area contributed by atoms with Gasteiger partial charge in [-0.05, 0) is 26.0 Å². The van der Waals surface area contributed by atoms with E-state index in [0.29, 0.717) is 0 Å². The molecule has 3 N–H and O–H groups in total. The molecule has 0 saturated carbocycles. The molecule has 0 unspecified atom stereocenters. The first-order chi connectivity index (χ1) is 6.66. The number of nitrogen functional groups attached to an aromatic ring is 1. The lowest BCUT2D eigenvalue weighted by molar-refractivity contribution is 1.13. The summed E-state index contributed by atoms with van der Waals surface area (Å²) in [5.74, 6) is 0.939. The van der Waals surface area contributed by atoms with Crippen LogP contribution in [0.5, 0.6) is 0 Å². The Balaban J connectivity index is 2.49. The van der Waals surface area contributed by atoms with Gasteiger partial charge >= 0.3 is 0 Å². The predicted octanol–water partition coefficient (Wildman–Crippen LogP) is 2.28. The molecule has 2 aromatic rings. The Labute approximate surface area is 83.0 Å². The van der Waals surface area contributed by atoms with Crippen LogP contribution in [0.25, 0.3) is 11.3 Å². The second-order valence-corrected chi connectivity index (χ2v) is 3.42. The van der Waals surface area contributed by atoms with Crippen LogP contribution in [-0.4, -0.2) is 9.97 Å². The van der Waals surface area contributed by atoms with Crippen LogP contribution < -0.4 is 5.73 Å². The lowest BCUT2D eigenvalue weighted by Crippen LogP contribution is -1.85. The van der Waals surface area contributed by atoms with Gasteiger partial charge in [0.25, 0.3) is 0 Å². The highest BCUT2D eigenvalue weighted by atomic mass is 14.9. The van der Waals surface area contributed by atoms with Crippen LogP contribution in [0.15, 0.2) is 24.3 Å². The van der Waals surface area contributed by atoms with E-state index in [9.17, 15) is 0 Å². The van der Waals surface area contributed by atoms with E-state index < -0.39 is 0 Å². The second-order valence-electron chi connectivity index (χ2n) is 3.42. The highest BCUT2D eigenvalue weighted by molar-refractivity contribution is 5.64. The van der Waals surface area contributed by atoms with E-state index in [1.165, 1.54) is 0 Å². The van der Waals surface area contributed by atoms with E-state index in [1.807, 2.05) is 38.1 Å². The molecule has 0 aliphatic carbocycles. The van der Waals surface area contributed by atoms with Crippen molar-refractivity contribution in [2.24, 2.45) is 0 Å². The standard InChI is InChI=1S/C11H13N3/c1-7-11(14-8(2)13-7)9-3-5-10(12)6-4-9/h3-6H,12H2,1-2H3,(H,13,14). The molecule has 0 aliphatic heterocycles. The summed E-state index contributed by atoms with van der Waals surface area (Å²) in [6.45, 7) is 3.97. The maximum Gasteiger partial charge on any atom is 0.103 e. The van der Waals surface area contributed by atoms with Gasteiger partial charge in [-0.1, -0.05) is 12.1 Å². The van der Waals surface area contributed by atoms with Crippen LogP contribution in [0.3, 0.4) is 0 Å². The minimum absolute atomic E-state index is 0.777. The molecule has 0 saturated heterocycles. The Hall–Kier alpha value is -1.77. The molecule has 14 heavy (non-hydrogen) atoms. The number of nitrogens with zero attached hydrogens (tertiary/aromatic N) is 1. The maximum atomic E-state index is 5.62. The molecule has 0 bridgehead atoms. The summed E-state index contributed by atoms with van der Waals surface area (Å²) in [7, 11) is 0. The Morgan fingerprint density at radius 1 is 1.14 bits per heavy atom. The van der Waals surface area contributed by atoms with Crippen LogP contribution in [-0.2, 0) is 0 Å². The SMILES string of the molecule is Cc1nc(-c2ccc(N)cc2)c(C)[nH]1. The van der Waals surface area contributed by atoms with Crippen molar-refractivity contribution in [1.29, 1.82) is 0 Å². The van der Waals surface area contributed by atoms with Gasteiger partial charge in [-0.2, -0.15) is 0 Å². The summed E-state index contributed by atoms with van der Waals surface area (Å²) in [5, 5.41) is 0. The molecule has 0 aliphatic rings. The van der Waals surface area contributed by atoms with Crippen molar-refractivity contribution < 1.29 is 0 Å². The van der Waals surface area contributed by atoms with E-state index in [-0.39, 0.29) is 0 Å². The predicted molar refractivity (Wildman–Crippen MR) is 57.9 cm³/mol. The van der Waals surface area contributed by atoms with E-state index in [4.69, 9.17) is 5.73 Å². The van der Waals surface area contributed by atoms with Gasteiger partial charge in [0, 0.05) is 16.9 Å². The third-order valence-corrected chi connectivity index (χ3v) is 2.19. The third kappa shape index (κ3) is 1.48. The maximum absolute atomic E-state index is 5.62. The van der Waals surface area contributed by atoms with Crippen molar-refractivity contribution in [2.75, 3.05) is 5.73 Å². The molecule has 1 heterocycles. The summed E-state index contributed by atoms with van der Waals surface area (Å²) in [4.78, 5) is 7.59. The average molecular weight is 187 g/mol. The van der Waals surface area contributed by atoms with Gasteiger partial charge in [0.15, 0.2) is 0 Å². The fraction of sp³-hybridized carbons (Fsp3) is 0.182. The highest BCUT2D eigenvalue weighted by Crippen LogP contribution is 2.21. The average Bonchev–Trinajstić information content (AvgIpc) is 2.47. The van der Waals surface area contributed by atoms with Gasteiger partial charge in [0.1, 0.15) is 5.82 Å². The molecular formula is C11H13N3. The van der Waals surface area contributed by atoms with E-state index in [1.54, 1.807) is 0 Å². The molecule has 2 rings (SSSR count). The first-order valence-electron chi connectivity index (χ1n) is 4.56. The van der Waals surface area contributed by atoms with Gasteiger partial charge < -0.3 is 10.7 Å². The zero-order chi connectivity index (χ0) is 10.1. The number of nitrogens with two attached hydrogens (primary N) is 1. The number of H-pyrrole nitrogens is 1. The number of imidazole rings is 1. The fourth-order valence-electron chi connectivity index (χ4n) is 1.53. The van der Waals surface area contributed by atoms with Crippen molar-refractivity contribution in [2.45, 2.75) is 13.8 Å². The number of rotatable bonds is 1. The first-order valence-corrected chi connectivity index (χ1v) is 4.56. The largest absolute Gasteiger partial charge is 0.399 e. The quantitative estimate of drug-likeness (QED) is 0.673. The summed E-state index contributed by atoms with van der Waals surface area (Å²) in [6, 6.07) is 7.74. The minimum Gasteiger partial charge on any atom is -0.399 e. The van der Waals surface area contributed by atoms with Crippen LogP contribution in [0.2, 0.25) is 0 Å². The zero-order valence-electron chi connectivity index (χ0n) is 8.33. The lowest BCUT2D eigenvalue weighted by Gasteiger charge is -1.98. The van der Waals surface area contributed by atoms with Crippen LogP contribution in [0, 0.1) is 13.8 Å². The summed E-state index contributed by atoms with van der Waals surface area (Å²) in [6.07, 6.45) is 0. The van der Waals surface area contributed by atoms with Crippen LogP contribution in [0.4, 0.5) is 5.69 Å². The van der Waals surface area contributed by atoms with E-state index in [0.717, 1.165) is 28.5 Å². The first kappa shape index (κ1) is 8.81. The Morgan fingerprint density at radius 3 is 2.29 bits per heavy atom. The van der Waals surface area contributed by atoms with Crippen molar-refractivity contribution in [3.63, 3.8) is 0 Å². The van der Waals surface area contributed by atoms with Gasteiger partial charge in [0.05, 0.1) is 5.69 Å². The van der Waals surface area contributed by atoms with Gasteiger partial charge in [-0.25, -0.2) is 4.98 Å². The van der Waals surface area contributed by atoms with Crippen molar-refractivity contribution >= 4 is 5.69 Å². The molecule has 1 aromatic heterocycles.